The fourth-order valence-corrected chi connectivity index (χ4v) is 2.15. The van der Waals surface area contributed by atoms with Crippen molar-refractivity contribution in [1.29, 1.82) is 0 Å². The van der Waals surface area contributed by atoms with Crippen molar-refractivity contribution in [3.8, 4) is 0 Å². The van der Waals surface area contributed by atoms with Crippen LogP contribution in [0.1, 0.15) is 46.5 Å². The number of amides is 1. The van der Waals surface area contributed by atoms with Gasteiger partial charge in [-0.15, -0.1) is 0 Å². The van der Waals surface area contributed by atoms with Gasteiger partial charge in [0.2, 0.25) is 0 Å². The predicted molar refractivity (Wildman–Crippen MR) is 61.2 cm³/mol. The average molecular weight is 267 g/mol. The lowest BCUT2D eigenvalue weighted by Gasteiger charge is -2.33. The minimum Gasteiger partial charge on any atom is -0.444 e. The van der Waals surface area contributed by atoms with E-state index in [1.165, 1.54) is 0 Å². The molecule has 0 aliphatic heterocycles. The van der Waals surface area contributed by atoms with Crippen molar-refractivity contribution >= 4 is 6.09 Å². The first-order valence-corrected chi connectivity index (χ1v) is 6.16. The SMILES string of the molecule is CC(C)(C)OC(=O)NC1CCCCC1C(F)(F)F. The van der Waals surface area contributed by atoms with Gasteiger partial charge in [-0.3, -0.25) is 0 Å². The monoisotopic (exact) mass is 267 g/mol. The van der Waals surface area contributed by atoms with Crippen LogP contribution in [0.2, 0.25) is 0 Å². The molecule has 0 saturated heterocycles. The number of hydrogen-bond donors (Lipinski definition) is 1. The van der Waals surface area contributed by atoms with Gasteiger partial charge in [0.1, 0.15) is 5.60 Å². The largest absolute Gasteiger partial charge is 0.444 e. The van der Waals surface area contributed by atoms with Crippen LogP contribution in [0.25, 0.3) is 0 Å². The standard InChI is InChI=1S/C12H20F3NO2/c1-11(2,3)18-10(17)16-9-7-5-4-6-8(9)12(13,14)15/h8-9H,4-7H2,1-3H3,(H,16,17). The lowest BCUT2D eigenvalue weighted by molar-refractivity contribution is -0.188. The number of rotatable bonds is 1. The lowest BCUT2D eigenvalue weighted by atomic mass is 9.84. The molecule has 0 radical (unpaired) electrons. The minimum absolute atomic E-state index is 0.0734. The van der Waals surface area contributed by atoms with Crippen LogP contribution in [0, 0.1) is 5.92 Å². The van der Waals surface area contributed by atoms with Gasteiger partial charge in [0, 0.05) is 6.04 Å². The van der Waals surface area contributed by atoms with E-state index < -0.39 is 29.8 Å². The molecule has 1 rings (SSSR count). The van der Waals surface area contributed by atoms with E-state index in [0.29, 0.717) is 19.3 Å². The topological polar surface area (TPSA) is 38.3 Å². The maximum absolute atomic E-state index is 12.8. The molecule has 0 aromatic heterocycles. The van der Waals surface area contributed by atoms with Crippen LogP contribution in [0.15, 0.2) is 0 Å². The molecule has 0 aromatic carbocycles. The molecule has 1 N–H and O–H groups in total. The van der Waals surface area contributed by atoms with Crippen LogP contribution in [-0.4, -0.2) is 23.9 Å². The van der Waals surface area contributed by atoms with E-state index in [-0.39, 0.29) is 6.42 Å². The number of carbonyl (C=O) groups excluding carboxylic acids is 1. The molecule has 2 unspecified atom stereocenters. The van der Waals surface area contributed by atoms with E-state index in [0.717, 1.165) is 0 Å². The van der Waals surface area contributed by atoms with Crippen LogP contribution in [0.5, 0.6) is 0 Å². The summed E-state index contributed by atoms with van der Waals surface area (Å²) < 4.78 is 43.3. The molecule has 106 valence electrons. The van der Waals surface area contributed by atoms with Gasteiger partial charge in [0.05, 0.1) is 5.92 Å². The van der Waals surface area contributed by atoms with Gasteiger partial charge in [-0.25, -0.2) is 4.79 Å². The summed E-state index contributed by atoms with van der Waals surface area (Å²) in [6.07, 6.45) is -3.36. The fraction of sp³-hybridized carbons (Fsp3) is 0.917. The molecule has 1 aliphatic carbocycles. The Morgan fingerprint density at radius 3 is 2.22 bits per heavy atom. The molecule has 6 heteroatoms. The van der Waals surface area contributed by atoms with Crippen LogP contribution in [-0.2, 0) is 4.74 Å². The third-order valence-corrected chi connectivity index (χ3v) is 2.89. The Morgan fingerprint density at radius 1 is 1.17 bits per heavy atom. The Balaban J connectivity index is 2.60. The third kappa shape index (κ3) is 4.74. The number of ether oxygens (including phenoxy) is 1. The van der Waals surface area contributed by atoms with Gasteiger partial charge in [-0.1, -0.05) is 12.8 Å². The normalized spacial score (nSPS) is 25.7. The van der Waals surface area contributed by atoms with Gasteiger partial charge >= 0.3 is 12.3 Å². The van der Waals surface area contributed by atoms with Crippen molar-refractivity contribution in [2.24, 2.45) is 5.92 Å². The molecule has 0 aromatic rings. The first-order chi connectivity index (χ1) is 8.09. The summed E-state index contributed by atoms with van der Waals surface area (Å²) >= 11 is 0. The van der Waals surface area contributed by atoms with E-state index in [1.54, 1.807) is 20.8 Å². The van der Waals surface area contributed by atoms with Crippen LogP contribution >= 0.6 is 0 Å². The third-order valence-electron chi connectivity index (χ3n) is 2.89. The maximum atomic E-state index is 12.8. The van der Waals surface area contributed by atoms with Crippen LogP contribution in [0.4, 0.5) is 18.0 Å². The Hall–Kier alpha value is -0.940. The smallest absolute Gasteiger partial charge is 0.407 e. The van der Waals surface area contributed by atoms with Crippen molar-refractivity contribution < 1.29 is 22.7 Å². The number of hydrogen-bond acceptors (Lipinski definition) is 2. The van der Waals surface area contributed by atoms with Crippen molar-refractivity contribution in [2.45, 2.75) is 64.3 Å². The second-order valence-corrected chi connectivity index (χ2v) is 5.69. The molecule has 18 heavy (non-hydrogen) atoms. The summed E-state index contributed by atoms with van der Waals surface area (Å²) in [6, 6.07) is -0.867. The zero-order valence-electron chi connectivity index (χ0n) is 10.9. The molecular formula is C12H20F3NO2. The molecule has 0 bridgehead atoms. The van der Waals surface area contributed by atoms with Gasteiger partial charge in [-0.05, 0) is 33.6 Å². The van der Waals surface area contributed by atoms with E-state index in [1.807, 2.05) is 0 Å². The zero-order valence-corrected chi connectivity index (χ0v) is 10.9. The van der Waals surface area contributed by atoms with E-state index in [4.69, 9.17) is 4.74 Å². The molecule has 1 amide bonds. The number of nitrogens with one attached hydrogen (secondary N) is 1. The number of alkyl carbamates (subject to hydrolysis) is 1. The molecule has 0 spiro atoms. The average Bonchev–Trinajstić information content (AvgIpc) is 2.13. The van der Waals surface area contributed by atoms with Crippen molar-refractivity contribution in [2.75, 3.05) is 0 Å². The quantitative estimate of drug-likeness (QED) is 0.787. The Labute approximate surface area is 105 Å². The van der Waals surface area contributed by atoms with E-state index in [9.17, 15) is 18.0 Å². The second kappa shape index (κ2) is 5.36. The molecule has 2 atom stereocenters. The fourth-order valence-electron chi connectivity index (χ4n) is 2.15. The Morgan fingerprint density at radius 2 is 1.72 bits per heavy atom. The lowest BCUT2D eigenvalue weighted by Crippen LogP contribution is -2.48. The summed E-state index contributed by atoms with van der Waals surface area (Å²) in [5.41, 5.74) is -0.702. The highest BCUT2D eigenvalue weighted by Gasteiger charge is 2.46. The second-order valence-electron chi connectivity index (χ2n) is 5.69. The minimum atomic E-state index is -4.26. The molecule has 1 aliphatic rings. The summed E-state index contributed by atoms with van der Waals surface area (Å²) in [7, 11) is 0. The molecule has 1 fully saturated rings. The molecule has 0 heterocycles. The van der Waals surface area contributed by atoms with Crippen molar-refractivity contribution in [1.82, 2.24) is 5.32 Å². The highest BCUT2D eigenvalue weighted by atomic mass is 19.4. The maximum Gasteiger partial charge on any atom is 0.407 e. The number of carbonyl (C=O) groups is 1. The van der Waals surface area contributed by atoms with E-state index >= 15 is 0 Å². The van der Waals surface area contributed by atoms with Crippen molar-refractivity contribution in [3.05, 3.63) is 0 Å². The van der Waals surface area contributed by atoms with Crippen LogP contribution in [0.3, 0.4) is 0 Å². The van der Waals surface area contributed by atoms with Crippen molar-refractivity contribution in [3.63, 3.8) is 0 Å². The van der Waals surface area contributed by atoms with Gasteiger partial charge in [0.25, 0.3) is 0 Å². The summed E-state index contributed by atoms with van der Waals surface area (Å²) in [5, 5.41) is 2.35. The molecule has 3 nitrogen and oxygen atoms in total. The molecule has 1 saturated carbocycles. The predicted octanol–water partition coefficient (Wildman–Crippen LogP) is 3.63. The summed E-state index contributed by atoms with van der Waals surface area (Å²) in [5.74, 6) is -1.46. The molecular weight excluding hydrogens is 247 g/mol. The highest BCUT2D eigenvalue weighted by Crippen LogP contribution is 2.37. The highest BCUT2D eigenvalue weighted by molar-refractivity contribution is 5.68. The van der Waals surface area contributed by atoms with Gasteiger partial charge < -0.3 is 10.1 Å². The van der Waals surface area contributed by atoms with Gasteiger partial charge in [-0.2, -0.15) is 13.2 Å². The zero-order chi connectivity index (χ0) is 14.0. The Bertz CT molecular complexity index is 297. The Kier molecular flexibility index (Phi) is 4.50. The van der Waals surface area contributed by atoms with E-state index in [2.05, 4.69) is 5.32 Å². The first kappa shape index (κ1) is 15.1. The van der Waals surface area contributed by atoms with Crippen LogP contribution < -0.4 is 5.32 Å². The number of halogens is 3. The first-order valence-electron chi connectivity index (χ1n) is 6.16. The summed E-state index contributed by atoms with van der Waals surface area (Å²) in [4.78, 5) is 11.5. The summed E-state index contributed by atoms with van der Waals surface area (Å²) in [6.45, 7) is 5.03. The van der Waals surface area contributed by atoms with Gasteiger partial charge in [0.15, 0.2) is 0 Å². The number of alkyl halides is 3.